The predicted octanol–water partition coefficient (Wildman–Crippen LogP) is 1.89. The number of likely N-dealkylation sites (tertiary alicyclic amines) is 1. The highest BCUT2D eigenvalue weighted by molar-refractivity contribution is 5.91. The van der Waals surface area contributed by atoms with Crippen molar-refractivity contribution in [1.29, 1.82) is 0 Å². The molecule has 0 unspecified atom stereocenters. The van der Waals surface area contributed by atoms with Gasteiger partial charge in [-0.1, -0.05) is 18.2 Å². The fourth-order valence-corrected chi connectivity index (χ4v) is 3.59. The van der Waals surface area contributed by atoms with E-state index in [1.165, 1.54) is 0 Å². The van der Waals surface area contributed by atoms with Gasteiger partial charge in [0.25, 0.3) is 0 Å². The van der Waals surface area contributed by atoms with Crippen LogP contribution in [0.1, 0.15) is 37.3 Å². The van der Waals surface area contributed by atoms with Crippen LogP contribution in [0.2, 0.25) is 0 Å². The lowest BCUT2D eigenvalue weighted by molar-refractivity contribution is -0.123. The molecule has 1 aliphatic heterocycles. The number of nitrogens with zero attached hydrogens (tertiary/aromatic N) is 3. The van der Waals surface area contributed by atoms with Crippen molar-refractivity contribution in [3.05, 3.63) is 42.1 Å². The van der Waals surface area contributed by atoms with Crippen LogP contribution in [0.15, 0.2) is 36.4 Å². The van der Waals surface area contributed by atoms with Crippen LogP contribution >= 0.6 is 0 Å². The van der Waals surface area contributed by atoms with Gasteiger partial charge in [-0.25, -0.2) is 4.68 Å². The Hall–Kier alpha value is -2.67. The van der Waals surface area contributed by atoms with Gasteiger partial charge in [0.2, 0.25) is 11.8 Å². The molecule has 0 spiro atoms. The fraction of sp³-hybridized carbons (Fsp3) is 0.450. The first kappa shape index (κ1) is 17.7. The number of hydrogen-bond donors (Lipinski definition) is 2. The largest absolute Gasteiger partial charge is 0.369 e. The zero-order valence-corrected chi connectivity index (χ0v) is 15.3. The topological polar surface area (TPSA) is 93.2 Å². The smallest absolute Gasteiger partial charge is 0.239 e. The molecule has 0 radical (unpaired) electrons. The molecule has 1 aromatic carbocycles. The summed E-state index contributed by atoms with van der Waals surface area (Å²) in [5, 5.41) is 7.73. The van der Waals surface area contributed by atoms with Gasteiger partial charge in [-0.3, -0.25) is 14.5 Å². The van der Waals surface area contributed by atoms with Crippen molar-refractivity contribution < 1.29 is 9.59 Å². The molecular weight excluding hydrogens is 342 g/mol. The Kier molecular flexibility index (Phi) is 4.94. The van der Waals surface area contributed by atoms with E-state index in [0.717, 1.165) is 37.1 Å². The van der Waals surface area contributed by atoms with Gasteiger partial charge in [-0.15, -0.1) is 0 Å². The Morgan fingerprint density at radius 3 is 2.44 bits per heavy atom. The molecule has 4 rings (SSSR count). The molecule has 2 fully saturated rings. The molecule has 2 heterocycles. The molecule has 7 heteroatoms. The van der Waals surface area contributed by atoms with Crippen molar-refractivity contribution >= 4 is 17.6 Å². The minimum Gasteiger partial charge on any atom is -0.369 e. The Balaban J connectivity index is 1.43. The van der Waals surface area contributed by atoms with Gasteiger partial charge in [0.15, 0.2) is 0 Å². The average Bonchev–Trinajstić information content (AvgIpc) is 3.44. The summed E-state index contributed by atoms with van der Waals surface area (Å²) >= 11 is 0. The molecule has 27 heavy (non-hydrogen) atoms. The van der Waals surface area contributed by atoms with E-state index in [4.69, 9.17) is 10.8 Å². The summed E-state index contributed by atoms with van der Waals surface area (Å²) in [5.41, 5.74) is 7.34. The number of amides is 2. The molecule has 142 valence electrons. The van der Waals surface area contributed by atoms with E-state index in [1.54, 1.807) is 0 Å². The molecule has 1 aliphatic carbocycles. The number of anilines is 1. The Bertz CT molecular complexity index is 820. The van der Waals surface area contributed by atoms with Gasteiger partial charge >= 0.3 is 0 Å². The molecule has 0 bridgehead atoms. The second-order valence-electron chi connectivity index (χ2n) is 7.48. The number of piperidine rings is 1. The number of primary amides is 1. The highest BCUT2D eigenvalue weighted by Crippen LogP contribution is 2.40. The number of rotatable bonds is 6. The van der Waals surface area contributed by atoms with Crippen LogP contribution in [-0.4, -0.2) is 46.1 Å². The van der Waals surface area contributed by atoms with Gasteiger partial charge < -0.3 is 11.1 Å². The third kappa shape index (κ3) is 4.19. The van der Waals surface area contributed by atoms with Crippen molar-refractivity contribution in [2.24, 2.45) is 11.7 Å². The highest BCUT2D eigenvalue weighted by Gasteiger charge is 2.28. The van der Waals surface area contributed by atoms with E-state index >= 15 is 0 Å². The van der Waals surface area contributed by atoms with E-state index in [0.29, 0.717) is 31.4 Å². The van der Waals surface area contributed by atoms with Gasteiger partial charge in [0.05, 0.1) is 17.9 Å². The van der Waals surface area contributed by atoms with Crippen LogP contribution in [0, 0.1) is 5.92 Å². The first-order valence-corrected chi connectivity index (χ1v) is 9.57. The minimum absolute atomic E-state index is 0.0630. The average molecular weight is 367 g/mol. The van der Waals surface area contributed by atoms with E-state index in [-0.39, 0.29) is 17.7 Å². The number of benzene rings is 1. The van der Waals surface area contributed by atoms with E-state index < -0.39 is 0 Å². The predicted molar refractivity (Wildman–Crippen MR) is 103 cm³/mol. The number of hydrogen-bond acceptors (Lipinski definition) is 4. The van der Waals surface area contributed by atoms with Crippen molar-refractivity contribution in [2.45, 2.75) is 31.6 Å². The summed E-state index contributed by atoms with van der Waals surface area (Å²) < 4.78 is 1.81. The normalized spacial score (nSPS) is 18.4. The SMILES string of the molecule is NC(=O)C1CCN(CC(=O)Nc2cc(C3CC3)nn2-c2ccccc2)CC1. The van der Waals surface area contributed by atoms with Crippen LogP contribution < -0.4 is 11.1 Å². The summed E-state index contributed by atoms with van der Waals surface area (Å²) in [6.07, 6.45) is 3.76. The van der Waals surface area contributed by atoms with E-state index in [1.807, 2.05) is 41.1 Å². The molecular formula is C20H25N5O2. The molecule has 2 amide bonds. The summed E-state index contributed by atoms with van der Waals surface area (Å²) in [6, 6.07) is 11.8. The molecule has 0 atom stereocenters. The summed E-state index contributed by atoms with van der Waals surface area (Å²) in [4.78, 5) is 25.9. The van der Waals surface area contributed by atoms with Crippen LogP contribution in [-0.2, 0) is 9.59 Å². The van der Waals surface area contributed by atoms with Crippen molar-refractivity contribution in [3.8, 4) is 5.69 Å². The first-order valence-electron chi connectivity index (χ1n) is 9.57. The van der Waals surface area contributed by atoms with Gasteiger partial charge in [-0.2, -0.15) is 5.10 Å². The Morgan fingerprint density at radius 1 is 1.11 bits per heavy atom. The number of nitrogens with two attached hydrogens (primary N) is 1. The molecule has 7 nitrogen and oxygen atoms in total. The van der Waals surface area contributed by atoms with Crippen molar-refractivity contribution in [3.63, 3.8) is 0 Å². The first-order chi connectivity index (χ1) is 13.1. The lowest BCUT2D eigenvalue weighted by atomic mass is 9.96. The maximum Gasteiger partial charge on any atom is 0.239 e. The minimum atomic E-state index is -0.238. The molecule has 3 N–H and O–H groups in total. The number of carbonyl (C=O) groups is 2. The number of aromatic nitrogens is 2. The highest BCUT2D eigenvalue weighted by atomic mass is 16.2. The molecule has 1 aromatic heterocycles. The van der Waals surface area contributed by atoms with Gasteiger partial charge in [-0.05, 0) is 50.9 Å². The summed E-state index contributed by atoms with van der Waals surface area (Å²) in [6.45, 7) is 1.74. The van der Waals surface area contributed by atoms with Gasteiger partial charge in [0.1, 0.15) is 5.82 Å². The van der Waals surface area contributed by atoms with E-state index in [9.17, 15) is 9.59 Å². The Morgan fingerprint density at radius 2 is 1.81 bits per heavy atom. The lowest BCUT2D eigenvalue weighted by Gasteiger charge is -2.29. The zero-order valence-electron chi connectivity index (χ0n) is 15.3. The molecule has 2 aromatic rings. The van der Waals surface area contributed by atoms with Crippen LogP contribution in [0.4, 0.5) is 5.82 Å². The van der Waals surface area contributed by atoms with Crippen LogP contribution in [0.25, 0.3) is 5.69 Å². The molecule has 1 saturated carbocycles. The van der Waals surface area contributed by atoms with Gasteiger partial charge in [0, 0.05) is 17.9 Å². The van der Waals surface area contributed by atoms with Crippen molar-refractivity contribution in [1.82, 2.24) is 14.7 Å². The zero-order chi connectivity index (χ0) is 18.8. The van der Waals surface area contributed by atoms with Crippen molar-refractivity contribution in [2.75, 3.05) is 25.0 Å². The summed E-state index contributed by atoms with van der Waals surface area (Å²) in [7, 11) is 0. The lowest BCUT2D eigenvalue weighted by Crippen LogP contribution is -2.42. The second kappa shape index (κ2) is 7.52. The maximum absolute atomic E-state index is 12.6. The maximum atomic E-state index is 12.6. The van der Waals surface area contributed by atoms with E-state index in [2.05, 4.69) is 10.2 Å². The second-order valence-corrected chi connectivity index (χ2v) is 7.48. The number of carbonyl (C=O) groups excluding carboxylic acids is 2. The fourth-order valence-electron chi connectivity index (χ4n) is 3.59. The van der Waals surface area contributed by atoms with Crippen LogP contribution in [0.3, 0.4) is 0 Å². The molecule has 2 aliphatic rings. The molecule has 1 saturated heterocycles. The number of para-hydroxylation sites is 1. The van der Waals surface area contributed by atoms with Crippen LogP contribution in [0.5, 0.6) is 0 Å². The Labute approximate surface area is 158 Å². The monoisotopic (exact) mass is 367 g/mol. The summed E-state index contributed by atoms with van der Waals surface area (Å²) in [5.74, 6) is 0.855. The third-order valence-corrected chi connectivity index (χ3v) is 5.35. The quantitative estimate of drug-likeness (QED) is 0.815. The third-order valence-electron chi connectivity index (χ3n) is 5.35. The standard InChI is InChI=1S/C20H25N5O2/c21-20(27)15-8-10-24(11-9-15)13-19(26)22-18-12-17(14-6-7-14)23-25(18)16-4-2-1-3-5-16/h1-5,12,14-15H,6-11,13H2,(H2,21,27)(H,22,26). The number of nitrogens with one attached hydrogen (secondary N) is 1.